The Morgan fingerprint density at radius 2 is 2.12 bits per heavy atom. The lowest BCUT2D eigenvalue weighted by molar-refractivity contribution is -0.122. The number of nitrogens with zero attached hydrogens (tertiary/aromatic N) is 2. The molecule has 2 atom stereocenters. The fourth-order valence-electron chi connectivity index (χ4n) is 3.30. The number of nitrogens with one attached hydrogen (secondary N) is 1. The Hall–Kier alpha value is -2.37. The molecule has 0 spiro atoms. The SMILES string of the molecule is COc1ccc(-c2noc(CCC(=O)N[C@@H]3CCC[C@H](C)C3)n2)cc1. The summed E-state index contributed by atoms with van der Waals surface area (Å²) in [5.74, 6) is 2.55. The molecular weight excluding hydrogens is 318 g/mol. The lowest BCUT2D eigenvalue weighted by Crippen LogP contribution is -2.38. The monoisotopic (exact) mass is 343 g/mol. The van der Waals surface area contributed by atoms with Gasteiger partial charge in [-0.15, -0.1) is 0 Å². The molecule has 1 aliphatic rings. The molecule has 1 fully saturated rings. The number of rotatable bonds is 6. The maximum atomic E-state index is 12.1. The van der Waals surface area contributed by atoms with Gasteiger partial charge < -0.3 is 14.6 Å². The van der Waals surface area contributed by atoms with Crippen LogP contribution in [0.5, 0.6) is 5.75 Å². The van der Waals surface area contributed by atoms with Crippen molar-refractivity contribution in [3.05, 3.63) is 30.2 Å². The molecule has 1 N–H and O–H groups in total. The quantitative estimate of drug-likeness (QED) is 0.870. The normalized spacial score (nSPS) is 20.2. The van der Waals surface area contributed by atoms with Crippen molar-refractivity contribution in [2.24, 2.45) is 5.92 Å². The van der Waals surface area contributed by atoms with Crippen LogP contribution in [0.4, 0.5) is 0 Å². The van der Waals surface area contributed by atoms with E-state index >= 15 is 0 Å². The van der Waals surface area contributed by atoms with Crippen LogP contribution in [0, 0.1) is 5.92 Å². The van der Waals surface area contributed by atoms with Crippen LogP contribution in [0.2, 0.25) is 0 Å². The minimum atomic E-state index is 0.0586. The smallest absolute Gasteiger partial charge is 0.227 e. The highest BCUT2D eigenvalue weighted by Gasteiger charge is 2.20. The third kappa shape index (κ3) is 4.81. The Balaban J connectivity index is 1.50. The van der Waals surface area contributed by atoms with Gasteiger partial charge in [0.05, 0.1) is 7.11 Å². The van der Waals surface area contributed by atoms with Crippen LogP contribution in [0.1, 0.15) is 44.9 Å². The molecule has 134 valence electrons. The van der Waals surface area contributed by atoms with Crippen molar-refractivity contribution in [2.45, 2.75) is 51.5 Å². The van der Waals surface area contributed by atoms with E-state index in [1.807, 2.05) is 24.3 Å². The number of aromatic nitrogens is 2. The van der Waals surface area contributed by atoms with Gasteiger partial charge in [-0.3, -0.25) is 4.79 Å². The fraction of sp³-hybridized carbons (Fsp3) is 0.526. The predicted octanol–water partition coefficient (Wildman–Crippen LogP) is 3.37. The van der Waals surface area contributed by atoms with Crippen LogP contribution in [-0.4, -0.2) is 29.2 Å². The Labute approximate surface area is 148 Å². The molecule has 3 rings (SSSR count). The van der Waals surface area contributed by atoms with Gasteiger partial charge in [0, 0.05) is 24.4 Å². The van der Waals surface area contributed by atoms with Crippen molar-refractivity contribution in [3.63, 3.8) is 0 Å². The number of hydrogen-bond donors (Lipinski definition) is 1. The molecule has 25 heavy (non-hydrogen) atoms. The van der Waals surface area contributed by atoms with Gasteiger partial charge in [-0.05, 0) is 43.0 Å². The first-order chi connectivity index (χ1) is 12.1. The summed E-state index contributed by atoms with van der Waals surface area (Å²) in [6.07, 6.45) is 5.45. The van der Waals surface area contributed by atoms with E-state index in [1.165, 1.54) is 12.8 Å². The average Bonchev–Trinajstić information content (AvgIpc) is 3.09. The van der Waals surface area contributed by atoms with Gasteiger partial charge in [-0.1, -0.05) is 24.9 Å². The summed E-state index contributed by atoms with van der Waals surface area (Å²) in [4.78, 5) is 16.5. The topological polar surface area (TPSA) is 77.2 Å². The third-order valence-corrected chi connectivity index (χ3v) is 4.68. The van der Waals surface area contributed by atoms with Gasteiger partial charge in [-0.2, -0.15) is 4.98 Å². The first-order valence-corrected chi connectivity index (χ1v) is 8.90. The Morgan fingerprint density at radius 1 is 1.32 bits per heavy atom. The number of amides is 1. The summed E-state index contributed by atoms with van der Waals surface area (Å²) in [5, 5.41) is 7.11. The van der Waals surface area contributed by atoms with Crippen LogP contribution < -0.4 is 10.1 Å². The van der Waals surface area contributed by atoms with E-state index in [4.69, 9.17) is 9.26 Å². The largest absolute Gasteiger partial charge is 0.497 e. The van der Waals surface area contributed by atoms with Crippen LogP contribution in [0.15, 0.2) is 28.8 Å². The molecule has 1 heterocycles. The summed E-state index contributed by atoms with van der Waals surface area (Å²) in [7, 11) is 1.63. The second-order valence-corrected chi connectivity index (χ2v) is 6.78. The lowest BCUT2D eigenvalue weighted by atomic mass is 9.87. The highest BCUT2D eigenvalue weighted by Crippen LogP contribution is 2.23. The minimum absolute atomic E-state index is 0.0586. The molecule has 0 saturated heterocycles. The maximum Gasteiger partial charge on any atom is 0.227 e. The molecule has 1 aromatic carbocycles. The van der Waals surface area contributed by atoms with Crippen LogP contribution in [0.3, 0.4) is 0 Å². The van der Waals surface area contributed by atoms with Crippen molar-refractivity contribution in [1.82, 2.24) is 15.5 Å². The maximum absolute atomic E-state index is 12.1. The Morgan fingerprint density at radius 3 is 2.84 bits per heavy atom. The van der Waals surface area contributed by atoms with E-state index < -0.39 is 0 Å². The molecule has 0 bridgehead atoms. The summed E-state index contributed by atoms with van der Waals surface area (Å²) >= 11 is 0. The lowest BCUT2D eigenvalue weighted by Gasteiger charge is -2.27. The number of aryl methyl sites for hydroxylation is 1. The molecule has 1 saturated carbocycles. The second-order valence-electron chi connectivity index (χ2n) is 6.78. The summed E-state index contributed by atoms with van der Waals surface area (Å²) in [6.45, 7) is 2.25. The van der Waals surface area contributed by atoms with E-state index in [0.29, 0.717) is 36.5 Å². The van der Waals surface area contributed by atoms with E-state index in [2.05, 4.69) is 22.4 Å². The zero-order valence-electron chi connectivity index (χ0n) is 14.8. The number of methoxy groups -OCH3 is 1. The molecule has 0 unspecified atom stereocenters. The molecule has 1 aromatic heterocycles. The van der Waals surface area contributed by atoms with Gasteiger partial charge in [0.1, 0.15) is 5.75 Å². The highest BCUT2D eigenvalue weighted by molar-refractivity contribution is 5.76. The zero-order chi connectivity index (χ0) is 17.6. The van der Waals surface area contributed by atoms with Crippen molar-refractivity contribution in [2.75, 3.05) is 7.11 Å². The van der Waals surface area contributed by atoms with Crippen LogP contribution in [-0.2, 0) is 11.2 Å². The number of carbonyl (C=O) groups excluding carboxylic acids is 1. The molecule has 6 heteroatoms. The van der Waals surface area contributed by atoms with Crippen molar-refractivity contribution >= 4 is 5.91 Å². The Bertz CT molecular complexity index is 696. The predicted molar refractivity (Wildman–Crippen MR) is 94.2 cm³/mol. The summed E-state index contributed by atoms with van der Waals surface area (Å²) < 4.78 is 10.4. The number of benzene rings is 1. The molecule has 0 aliphatic heterocycles. The zero-order valence-corrected chi connectivity index (χ0v) is 14.8. The number of hydrogen-bond acceptors (Lipinski definition) is 5. The van der Waals surface area contributed by atoms with E-state index in [9.17, 15) is 4.79 Å². The molecule has 1 aliphatic carbocycles. The molecule has 2 aromatic rings. The first-order valence-electron chi connectivity index (χ1n) is 8.90. The van der Waals surface area contributed by atoms with Gasteiger partial charge in [0.2, 0.25) is 17.6 Å². The van der Waals surface area contributed by atoms with Crippen molar-refractivity contribution in [1.29, 1.82) is 0 Å². The average molecular weight is 343 g/mol. The molecular formula is C19H25N3O3. The third-order valence-electron chi connectivity index (χ3n) is 4.68. The van der Waals surface area contributed by atoms with Crippen LogP contribution in [0.25, 0.3) is 11.4 Å². The van der Waals surface area contributed by atoms with E-state index in [0.717, 1.165) is 24.2 Å². The minimum Gasteiger partial charge on any atom is -0.497 e. The second kappa shape index (κ2) is 8.14. The number of ether oxygens (including phenoxy) is 1. The summed E-state index contributed by atoms with van der Waals surface area (Å²) in [5.41, 5.74) is 0.858. The van der Waals surface area contributed by atoms with Gasteiger partial charge in [0.25, 0.3) is 0 Å². The van der Waals surface area contributed by atoms with Gasteiger partial charge in [0.15, 0.2) is 0 Å². The van der Waals surface area contributed by atoms with Gasteiger partial charge >= 0.3 is 0 Å². The Kier molecular flexibility index (Phi) is 5.68. The summed E-state index contributed by atoms with van der Waals surface area (Å²) in [6, 6.07) is 7.77. The van der Waals surface area contributed by atoms with Crippen LogP contribution >= 0.6 is 0 Å². The standard InChI is InChI=1S/C19H25N3O3/c1-13-4-3-5-15(12-13)20-17(23)10-11-18-21-19(22-25-18)14-6-8-16(24-2)9-7-14/h6-9,13,15H,3-5,10-12H2,1-2H3,(H,20,23)/t13-,15+/m0/s1. The molecule has 1 amide bonds. The van der Waals surface area contributed by atoms with E-state index in [1.54, 1.807) is 7.11 Å². The number of carbonyl (C=O) groups is 1. The molecule has 0 radical (unpaired) electrons. The fourth-order valence-corrected chi connectivity index (χ4v) is 3.30. The first kappa shape index (κ1) is 17.5. The van der Waals surface area contributed by atoms with Gasteiger partial charge in [-0.25, -0.2) is 0 Å². The molecule has 6 nitrogen and oxygen atoms in total. The van der Waals surface area contributed by atoms with E-state index in [-0.39, 0.29) is 5.91 Å². The van der Waals surface area contributed by atoms with Crippen molar-refractivity contribution in [3.8, 4) is 17.1 Å². The highest BCUT2D eigenvalue weighted by atomic mass is 16.5. The van der Waals surface area contributed by atoms with Crippen molar-refractivity contribution < 1.29 is 14.1 Å².